The van der Waals surface area contributed by atoms with E-state index >= 15 is 0 Å². The molecule has 1 N–H and O–H groups in total. The average Bonchev–Trinajstić information content (AvgIpc) is 2.51. The number of carbonyl (C=O) groups is 2. The van der Waals surface area contributed by atoms with Crippen LogP contribution in [0.1, 0.15) is 47.0 Å². The van der Waals surface area contributed by atoms with Crippen molar-refractivity contribution < 1.29 is 14.3 Å². The van der Waals surface area contributed by atoms with Crippen molar-refractivity contribution in [3.63, 3.8) is 0 Å². The molecular formula is C16H28N2O3S2. The van der Waals surface area contributed by atoms with E-state index in [4.69, 9.17) is 17.0 Å². The van der Waals surface area contributed by atoms with E-state index in [9.17, 15) is 9.59 Å². The Balaban J connectivity index is 2.21. The molecule has 0 radical (unpaired) electrons. The second-order valence-corrected chi connectivity index (χ2v) is 8.28. The van der Waals surface area contributed by atoms with Gasteiger partial charge in [0.1, 0.15) is 4.32 Å². The van der Waals surface area contributed by atoms with Crippen molar-refractivity contribution in [1.29, 1.82) is 0 Å². The zero-order valence-corrected chi connectivity index (χ0v) is 16.1. The molecular weight excluding hydrogens is 332 g/mol. The molecule has 1 rings (SSSR count). The van der Waals surface area contributed by atoms with E-state index in [1.165, 1.54) is 11.8 Å². The maximum absolute atomic E-state index is 11.7. The van der Waals surface area contributed by atoms with Crippen LogP contribution in [0.25, 0.3) is 0 Å². The highest BCUT2D eigenvalue weighted by Crippen LogP contribution is 2.20. The summed E-state index contributed by atoms with van der Waals surface area (Å²) in [6.07, 6.45) is 3.09. The van der Waals surface area contributed by atoms with Crippen molar-refractivity contribution in [3.8, 4) is 0 Å². The zero-order valence-electron chi connectivity index (χ0n) is 14.5. The van der Waals surface area contributed by atoms with E-state index in [1.54, 1.807) is 0 Å². The number of thioether (sulfide) groups is 1. The third kappa shape index (κ3) is 8.01. The SMILES string of the molecule is CCC(C)(C)NC(=O)COC(=O)CSC(=S)N1CCC(C)CC1. The van der Waals surface area contributed by atoms with Gasteiger partial charge in [-0.05, 0) is 39.0 Å². The normalized spacial score (nSPS) is 16.1. The largest absolute Gasteiger partial charge is 0.455 e. The van der Waals surface area contributed by atoms with Crippen LogP contribution in [-0.4, -0.2) is 52.1 Å². The number of esters is 1. The van der Waals surface area contributed by atoms with Crippen LogP contribution >= 0.6 is 24.0 Å². The topological polar surface area (TPSA) is 58.6 Å². The van der Waals surface area contributed by atoms with Gasteiger partial charge < -0.3 is 15.0 Å². The van der Waals surface area contributed by atoms with E-state index in [0.717, 1.165) is 42.6 Å². The lowest BCUT2D eigenvalue weighted by molar-refractivity contribution is -0.146. The number of nitrogens with one attached hydrogen (secondary N) is 1. The van der Waals surface area contributed by atoms with Gasteiger partial charge in [0.2, 0.25) is 0 Å². The number of carbonyl (C=O) groups excluding carboxylic acids is 2. The van der Waals surface area contributed by atoms with Gasteiger partial charge in [-0.1, -0.05) is 37.8 Å². The fourth-order valence-corrected chi connectivity index (χ4v) is 3.14. The van der Waals surface area contributed by atoms with Crippen molar-refractivity contribution in [2.75, 3.05) is 25.4 Å². The summed E-state index contributed by atoms with van der Waals surface area (Å²) in [6.45, 7) is 9.77. The molecule has 1 fully saturated rings. The van der Waals surface area contributed by atoms with Crippen LogP contribution in [0.15, 0.2) is 0 Å². The number of nitrogens with zero attached hydrogens (tertiary/aromatic N) is 1. The molecule has 132 valence electrons. The molecule has 0 unspecified atom stereocenters. The number of thiocarbonyl (C=S) groups is 1. The second kappa shape index (κ2) is 9.47. The Hall–Kier alpha value is -0.820. The molecule has 0 aromatic rings. The first kappa shape index (κ1) is 20.2. The van der Waals surface area contributed by atoms with Gasteiger partial charge in [-0.25, -0.2) is 0 Å². The Morgan fingerprint density at radius 3 is 2.52 bits per heavy atom. The minimum absolute atomic E-state index is 0.148. The maximum Gasteiger partial charge on any atom is 0.316 e. The molecule has 0 bridgehead atoms. The number of ether oxygens (including phenoxy) is 1. The average molecular weight is 361 g/mol. The number of hydrogen-bond donors (Lipinski definition) is 1. The molecule has 1 heterocycles. The number of piperidine rings is 1. The van der Waals surface area contributed by atoms with E-state index < -0.39 is 5.97 Å². The fraction of sp³-hybridized carbons (Fsp3) is 0.812. The smallest absolute Gasteiger partial charge is 0.316 e. The van der Waals surface area contributed by atoms with Crippen molar-refractivity contribution in [2.24, 2.45) is 5.92 Å². The van der Waals surface area contributed by atoms with Crippen LogP contribution < -0.4 is 5.32 Å². The summed E-state index contributed by atoms with van der Waals surface area (Å²) in [5.74, 6) is 0.208. The molecule has 0 spiro atoms. The molecule has 1 aliphatic heterocycles. The molecule has 0 aromatic heterocycles. The molecule has 23 heavy (non-hydrogen) atoms. The van der Waals surface area contributed by atoms with Crippen molar-refractivity contribution in [3.05, 3.63) is 0 Å². The molecule has 0 atom stereocenters. The van der Waals surface area contributed by atoms with Crippen LogP contribution in [0.5, 0.6) is 0 Å². The van der Waals surface area contributed by atoms with Crippen LogP contribution in [0.2, 0.25) is 0 Å². The van der Waals surface area contributed by atoms with Gasteiger partial charge in [0.05, 0.1) is 5.75 Å². The second-order valence-electron chi connectivity index (χ2n) is 6.67. The predicted octanol–water partition coefficient (Wildman–Crippen LogP) is 2.58. The van der Waals surface area contributed by atoms with Gasteiger partial charge in [-0.15, -0.1) is 0 Å². The van der Waals surface area contributed by atoms with E-state index in [0.29, 0.717) is 0 Å². The highest BCUT2D eigenvalue weighted by atomic mass is 32.2. The Morgan fingerprint density at radius 1 is 1.35 bits per heavy atom. The third-order valence-corrected chi connectivity index (χ3v) is 5.58. The Morgan fingerprint density at radius 2 is 1.96 bits per heavy atom. The Kier molecular flexibility index (Phi) is 8.33. The molecule has 1 saturated heterocycles. The van der Waals surface area contributed by atoms with Crippen LogP contribution in [0.4, 0.5) is 0 Å². The van der Waals surface area contributed by atoms with E-state index in [2.05, 4.69) is 17.1 Å². The monoisotopic (exact) mass is 360 g/mol. The quantitative estimate of drug-likeness (QED) is 0.580. The summed E-state index contributed by atoms with van der Waals surface area (Å²) in [6, 6.07) is 0. The van der Waals surface area contributed by atoms with Gasteiger partial charge in [-0.2, -0.15) is 0 Å². The molecule has 7 heteroatoms. The van der Waals surface area contributed by atoms with Gasteiger partial charge in [0.25, 0.3) is 5.91 Å². The first-order chi connectivity index (χ1) is 10.7. The van der Waals surface area contributed by atoms with Crippen LogP contribution in [0, 0.1) is 5.92 Å². The standard InChI is InChI=1S/C16H28N2O3S2/c1-5-16(3,4)17-13(19)10-21-14(20)11-23-15(22)18-8-6-12(2)7-9-18/h12H,5-11H2,1-4H3,(H,17,19). The third-order valence-electron chi connectivity index (χ3n) is 4.08. The lowest BCUT2D eigenvalue weighted by Gasteiger charge is -2.31. The molecule has 1 aliphatic rings. The lowest BCUT2D eigenvalue weighted by Crippen LogP contribution is -2.44. The number of amides is 1. The van der Waals surface area contributed by atoms with Crippen molar-refractivity contribution >= 4 is 40.2 Å². The lowest BCUT2D eigenvalue weighted by atomic mass is 10.00. The molecule has 1 amide bonds. The predicted molar refractivity (Wildman–Crippen MR) is 98.5 cm³/mol. The molecule has 0 saturated carbocycles. The first-order valence-electron chi connectivity index (χ1n) is 8.12. The Bertz CT molecular complexity index is 433. The summed E-state index contributed by atoms with van der Waals surface area (Å²) >= 11 is 6.67. The number of hydrogen-bond acceptors (Lipinski definition) is 5. The molecule has 5 nitrogen and oxygen atoms in total. The van der Waals surface area contributed by atoms with Crippen LogP contribution in [0.3, 0.4) is 0 Å². The number of likely N-dealkylation sites (tertiary alicyclic amines) is 1. The van der Waals surface area contributed by atoms with Gasteiger partial charge in [0.15, 0.2) is 6.61 Å². The summed E-state index contributed by atoms with van der Waals surface area (Å²) in [5, 5.41) is 2.83. The minimum atomic E-state index is -0.410. The summed E-state index contributed by atoms with van der Waals surface area (Å²) in [4.78, 5) is 25.6. The fourth-order valence-electron chi connectivity index (χ4n) is 2.09. The van der Waals surface area contributed by atoms with E-state index in [-0.39, 0.29) is 23.8 Å². The van der Waals surface area contributed by atoms with E-state index in [1.807, 2.05) is 20.8 Å². The van der Waals surface area contributed by atoms with Gasteiger partial charge in [0, 0.05) is 18.6 Å². The molecule has 0 aromatic carbocycles. The maximum atomic E-state index is 11.7. The van der Waals surface area contributed by atoms with Crippen molar-refractivity contribution in [2.45, 2.75) is 52.5 Å². The highest BCUT2D eigenvalue weighted by molar-refractivity contribution is 8.23. The van der Waals surface area contributed by atoms with Crippen molar-refractivity contribution in [1.82, 2.24) is 10.2 Å². The number of rotatable bonds is 6. The highest BCUT2D eigenvalue weighted by Gasteiger charge is 2.20. The summed E-state index contributed by atoms with van der Waals surface area (Å²) in [5.41, 5.74) is -0.287. The van der Waals surface area contributed by atoms with Crippen LogP contribution in [-0.2, 0) is 14.3 Å². The van der Waals surface area contributed by atoms with Gasteiger partial charge in [-0.3, -0.25) is 9.59 Å². The summed E-state index contributed by atoms with van der Waals surface area (Å²) < 4.78 is 5.74. The zero-order chi connectivity index (χ0) is 17.5. The Labute approximate surface area is 148 Å². The summed E-state index contributed by atoms with van der Waals surface area (Å²) in [7, 11) is 0. The van der Waals surface area contributed by atoms with Gasteiger partial charge >= 0.3 is 5.97 Å². The molecule has 0 aliphatic carbocycles. The minimum Gasteiger partial charge on any atom is -0.455 e. The first-order valence-corrected chi connectivity index (χ1v) is 9.51.